The van der Waals surface area contributed by atoms with Gasteiger partial charge >= 0.3 is 11.8 Å². The fourth-order valence-electron chi connectivity index (χ4n) is 3.05. The zero-order valence-electron chi connectivity index (χ0n) is 12.9. The van der Waals surface area contributed by atoms with E-state index in [0.717, 1.165) is 23.6 Å². The largest absolute Gasteiger partial charge is 0.396 e. The Balaban J connectivity index is 1.74. The molecular weight excluding hydrogens is 292 g/mol. The minimum absolute atomic E-state index is 0.0503. The van der Waals surface area contributed by atoms with Gasteiger partial charge in [-0.05, 0) is 30.2 Å². The van der Waals surface area contributed by atoms with Crippen LogP contribution in [0.25, 0.3) is 10.8 Å². The Labute approximate surface area is 134 Å². The molecule has 2 N–H and O–H groups in total. The van der Waals surface area contributed by atoms with Crippen LogP contribution in [0.2, 0.25) is 0 Å². The van der Waals surface area contributed by atoms with Crippen LogP contribution in [0.15, 0.2) is 42.5 Å². The van der Waals surface area contributed by atoms with E-state index in [1.165, 1.54) is 4.90 Å². The van der Waals surface area contributed by atoms with Crippen molar-refractivity contribution in [2.45, 2.75) is 12.8 Å². The molecule has 2 aromatic rings. The number of aliphatic hydroxyl groups excluding tert-OH is 1. The van der Waals surface area contributed by atoms with E-state index >= 15 is 0 Å². The third-order valence-electron chi connectivity index (χ3n) is 4.30. The molecule has 5 nitrogen and oxygen atoms in total. The molecule has 1 unspecified atom stereocenters. The lowest BCUT2D eigenvalue weighted by Crippen LogP contribution is -2.45. The molecule has 0 aromatic heterocycles. The van der Waals surface area contributed by atoms with Gasteiger partial charge in [-0.3, -0.25) is 9.59 Å². The molecule has 120 valence electrons. The lowest BCUT2D eigenvalue weighted by atomic mass is 9.99. The number of carbonyl (C=O) groups is 2. The smallest absolute Gasteiger partial charge is 0.313 e. The highest BCUT2D eigenvalue weighted by molar-refractivity contribution is 6.40. The van der Waals surface area contributed by atoms with Crippen LogP contribution in [0.5, 0.6) is 0 Å². The fraction of sp³-hybridized carbons (Fsp3) is 0.333. The highest BCUT2D eigenvalue weighted by Crippen LogP contribution is 2.23. The van der Waals surface area contributed by atoms with Crippen LogP contribution in [0.1, 0.15) is 12.8 Å². The fourth-order valence-corrected chi connectivity index (χ4v) is 3.05. The minimum Gasteiger partial charge on any atom is -0.396 e. The summed E-state index contributed by atoms with van der Waals surface area (Å²) in [6, 6.07) is 13.3. The lowest BCUT2D eigenvalue weighted by molar-refractivity contribution is -0.144. The summed E-state index contributed by atoms with van der Waals surface area (Å²) in [5.74, 6) is -1.09. The van der Waals surface area contributed by atoms with Crippen molar-refractivity contribution in [3.63, 3.8) is 0 Å². The van der Waals surface area contributed by atoms with Crippen molar-refractivity contribution in [3.8, 4) is 0 Å². The first kappa shape index (κ1) is 15.5. The van der Waals surface area contributed by atoms with Gasteiger partial charge in [0.2, 0.25) is 0 Å². The number of anilines is 1. The van der Waals surface area contributed by atoms with Crippen LogP contribution in [0, 0.1) is 5.92 Å². The number of amides is 2. The SMILES string of the molecule is O=C(Nc1cccc2ccccc12)C(=O)N1CCCC(CO)C1. The topological polar surface area (TPSA) is 69.6 Å². The maximum atomic E-state index is 12.3. The van der Waals surface area contributed by atoms with E-state index < -0.39 is 11.8 Å². The first-order valence-electron chi connectivity index (χ1n) is 7.88. The van der Waals surface area contributed by atoms with Gasteiger partial charge in [0, 0.05) is 30.8 Å². The second-order valence-electron chi connectivity index (χ2n) is 5.92. The van der Waals surface area contributed by atoms with Gasteiger partial charge in [0.25, 0.3) is 0 Å². The molecule has 0 bridgehead atoms. The highest BCUT2D eigenvalue weighted by Gasteiger charge is 2.27. The predicted octanol–water partition coefficient (Wildman–Crippen LogP) is 2.01. The Hall–Kier alpha value is -2.40. The number of fused-ring (bicyclic) bond motifs is 1. The minimum atomic E-state index is -0.625. The van der Waals surface area contributed by atoms with Crippen molar-refractivity contribution < 1.29 is 14.7 Å². The second-order valence-corrected chi connectivity index (χ2v) is 5.92. The van der Waals surface area contributed by atoms with E-state index in [-0.39, 0.29) is 12.5 Å². The van der Waals surface area contributed by atoms with Crippen molar-refractivity contribution >= 4 is 28.3 Å². The summed E-state index contributed by atoms with van der Waals surface area (Å²) in [5, 5.41) is 13.9. The number of carbonyl (C=O) groups excluding carboxylic acids is 2. The van der Waals surface area contributed by atoms with Crippen LogP contribution in [0.3, 0.4) is 0 Å². The number of nitrogens with one attached hydrogen (secondary N) is 1. The molecule has 2 aromatic carbocycles. The number of hydrogen-bond donors (Lipinski definition) is 2. The third kappa shape index (κ3) is 3.35. The molecule has 23 heavy (non-hydrogen) atoms. The average Bonchev–Trinajstić information content (AvgIpc) is 2.61. The number of likely N-dealkylation sites (tertiary alicyclic amines) is 1. The molecule has 0 aliphatic carbocycles. The number of benzene rings is 2. The first-order valence-corrected chi connectivity index (χ1v) is 7.88. The molecular formula is C18H20N2O3. The molecule has 3 rings (SSSR count). The molecule has 1 aliphatic heterocycles. The molecule has 0 spiro atoms. The summed E-state index contributed by atoms with van der Waals surface area (Å²) in [6.45, 7) is 1.06. The van der Waals surface area contributed by atoms with Gasteiger partial charge < -0.3 is 15.3 Å². The zero-order valence-corrected chi connectivity index (χ0v) is 12.9. The molecule has 1 atom stereocenters. The number of nitrogens with zero attached hydrogens (tertiary/aromatic N) is 1. The van der Waals surface area contributed by atoms with Gasteiger partial charge in [-0.15, -0.1) is 0 Å². The Kier molecular flexibility index (Phi) is 4.57. The normalized spacial score (nSPS) is 18.0. The van der Waals surface area contributed by atoms with E-state index in [4.69, 9.17) is 0 Å². The molecule has 0 radical (unpaired) electrons. The Bertz CT molecular complexity index is 724. The van der Waals surface area contributed by atoms with E-state index in [1.54, 1.807) is 6.07 Å². The van der Waals surface area contributed by atoms with Gasteiger partial charge in [0.15, 0.2) is 0 Å². The first-order chi connectivity index (χ1) is 11.2. The summed E-state index contributed by atoms with van der Waals surface area (Å²) in [4.78, 5) is 26.2. The van der Waals surface area contributed by atoms with Gasteiger partial charge in [0.05, 0.1) is 0 Å². The monoisotopic (exact) mass is 312 g/mol. The molecule has 1 saturated heterocycles. The Morgan fingerprint density at radius 2 is 1.96 bits per heavy atom. The maximum Gasteiger partial charge on any atom is 0.313 e. The van der Waals surface area contributed by atoms with Crippen LogP contribution in [-0.4, -0.2) is 41.5 Å². The third-order valence-corrected chi connectivity index (χ3v) is 4.30. The number of rotatable bonds is 2. The summed E-state index contributed by atoms with van der Waals surface area (Å²) in [7, 11) is 0. The standard InChI is InChI=1S/C18H20N2O3/c21-12-13-5-4-10-20(11-13)18(23)17(22)19-16-9-3-7-14-6-1-2-8-15(14)16/h1-3,6-9,13,21H,4-5,10-12H2,(H,19,22). The molecule has 1 fully saturated rings. The van der Waals surface area contributed by atoms with Crippen molar-refractivity contribution in [1.82, 2.24) is 4.90 Å². The highest BCUT2D eigenvalue weighted by atomic mass is 16.3. The van der Waals surface area contributed by atoms with E-state index in [1.807, 2.05) is 36.4 Å². The summed E-state index contributed by atoms with van der Waals surface area (Å²) < 4.78 is 0. The molecule has 0 saturated carbocycles. The van der Waals surface area contributed by atoms with Gasteiger partial charge in [-0.25, -0.2) is 0 Å². The average molecular weight is 312 g/mol. The Morgan fingerprint density at radius 1 is 1.17 bits per heavy atom. The van der Waals surface area contributed by atoms with E-state index in [9.17, 15) is 14.7 Å². The van der Waals surface area contributed by atoms with Crippen LogP contribution < -0.4 is 5.32 Å². The number of aliphatic hydroxyl groups is 1. The van der Waals surface area contributed by atoms with Crippen molar-refractivity contribution in [3.05, 3.63) is 42.5 Å². The van der Waals surface area contributed by atoms with E-state index in [0.29, 0.717) is 18.8 Å². The zero-order chi connectivity index (χ0) is 16.2. The summed E-state index contributed by atoms with van der Waals surface area (Å²) in [6.07, 6.45) is 1.71. The second kappa shape index (κ2) is 6.79. The number of hydrogen-bond acceptors (Lipinski definition) is 3. The number of piperidine rings is 1. The van der Waals surface area contributed by atoms with Crippen LogP contribution >= 0.6 is 0 Å². The molecule has 1 aliphatic rings. The van der Waals surface area contributed by atoms with Crippen molar-refractivity contribution in [2.24, 2.45) is 5.92 Å². The Morgan fingerprint density at radius 3 is 2.78 bits per heavy atom. The lowest BCUT2D eigenvalue weighted by Gasteiger charge is -2.31. The van der Waals surface area contributed by atoms with Crippen LogP contribution in [0.4, 0.5) is 5.69 Å². The molecule has 5 heteroatoms. The molecule has 1 heterocycles. The van der Waals surface area contributed by atoms with Crippen molar-refractivity contribution in [1.29, 1.82) is 0 Å². The predicted molar refractivity (Wildman–Crippen MR) is 89.0 cm³/mol. The summed E-state index contributed by atoms with van der Waals surface area (Å²) in [5.41, 5.74) is 0.636. The van der Waals surface area contributed by atoms with Gasteiger partial charge in [0.1, 0.15) is 0 Å². The maximum absolute atomic E-state index is 12.3. The van der Waals surface area contributed by atoms with Gasteiger partial charge in [-0.1, -0.05) is 36.4 Å². The van der Waals surface area contributed by atoms with Crippen molar-refractivity contribution in [2.75, 3.05) is 25.0 Å². The quantitative estimate of drug-likeness (QED) is 0.834. The van der Waals surface area contributed by atoms with E-state index in [2.05, 4.69) is 5.32 Å². The van der Waals surface area contributed by atoms with Crippen LogP contribution in [-0.2, 0) is 9.59 Å². The van der Waals surface area contributed by atoms with Gasteiger partial charge in [-0.2, -0.15) is 0 Å². The summed E-state index contributed by atoms with van der Waals surface area (Å²) >= 11 is 0. The molecule has 2 amide bonds.